The van der Waals surface area contributed by atoms with Crippen molar-refractivity contribution < 1.29 is 22.3 Å². The average molecular weight is 427 g/mol. The van der Waals surface area contributed by atoms with E-state index in [2.05, 4.69) is 9.97 Å². The molecule has 1 N–H and O–H groups in total. The zero-order valence-electron chi connectivity index (χ0n) is 14.9. The first kappa shape index (κ1) is 20.9. The summed E-state index contributed by atoms with van der Waals surface area (Å²) in [5.41, 5.74) is 0.639. The second kappa shape index (κ2) is 8.65. The van der Waals surface area contributed by atoms with Gasteiger partial charge in [0.1, 0.15) is 0 Å². The Labute approximate surface area is 168 Å². The lowest BCUT2D eigenvalue weighted by molar-refractivity contribution is -0.137. The van der Waals surface area contributed by atoms with Gasteiger partial charge >= 0.3 is 11.9 Å². The lowest BCUT2D eigenvalue weighted by Crippen LogP contribution is -2.14. The van der Waals surface area contributed by atoms with E-state index in [1.54, 1.807) is 30.3 Å². The molecule has 0 saturated carbocycles. The number of halogens is 5. The van der Waals surface area contributed by atoms with Gasteiger partial charge in [-0.1, -0.05) is 41.9 Å². The normalized spacial score (nSPS) is 11.5. The molecular weight excluding hydrogens is 412 g/mol. The van der Waals surface area contributed by atoms with Crippen LogP contribution in [0.15, 0.2) is 53.5 Å². The van der Waals surface area contributed by atoms with Gasteiger partial charge in [-0.2, -0.15) is 22.5 Å². The Kier molecular flexibility index (Phi) is 6.22. The second-order valence-corrected chi connectivity index (χ2v) is 6.67. The van der Waals surface area contributed by atoms with Gasteiger partial charge in [0.05, 0.1) is 17.2 Å². The van der Waals surface area contributed by atoms with Crippen molar-refractivity contribution in [3.05, 3.63) is 92.2 Å². The molecule has 0 aliphatic rings. The predicted molar refractivity (Wildman–Crippen MR) is 99.7 cm³/mol. The number of H-pyrrole nitrogens is 1. The van der Waals surface area contributed by atoms with Crippen molar-refractivity contribution in [2.45, 2.75) is 19.0 Å². The third kappa shape index (κ3) is 5.57. The Bertz CT molecular complexity index is 1050. The highest BCUT2D eigenvalue weighted by Crippen LogP contribution is 2.35. The van der Waals surface area contributed by atoms with E-state index in [0.717, 1.165) is 23.4 Å². The lowest BCUT2D eigenvalue weighted by atomic mass is 10.0. The van der Waals surface area contributed by atoms with E-state index >= 15 is 0 Å². The van der Waals surface area contributed by atoms with Gasteiger partial charge in [0.15, 0.2) is 0 Å². The van der Waals surface area contributed by atoms with Crippen molar-refractivity contribution in [1.82, 2.24) is 9.97 Å². The SMILES string of the molecule is O=c1nc(OCCc2ccc(Cc3ccc(Cl)c(C(F)(F)F)c3)cc2)c(F)c[nH]1. The minimum atomic E-state index is -4.51. The monoisotopic (exact) mass is 426 g/mol. The Morgan fingerprint density at radius 2 is 1.69 bits per heavy atom. The summed E-state index contributed by atoms with van der Waals surface area (Å²) in [5, 5.41) is -0.331. The average Bonchev–Trinajstić information content (AvgIpc) is 2.66. The van der Waals surface area contributed by atoms with Crippen molar-refractivity contribution in [3.8, 4) is 5.88 Å². The number of aromatic nitrogens is 2. The summed E-state index contributed by atoms with van der Waals surface area (Å²) >= 11 is 5.64. The molecule has 0 bridgehead atoms. The van der Waals surface area contributed by atoms with E-state index in [-0.39, 0.29) is 17.5 Å². The maximum atomic E-state index is 13.4. The molecular formula is C20H15ClF4N2O2. The number of nitrogens with zero attached hydrogens (tertiary/aromatic N) is 1. The van der Waals surface area contributed by atoms with Crippen LogP contribution in [-0.2, 0) is 19.0 Å². The topological polar surface area (TPSA) is 55.0 Å². The van der Waals surface area contributed by atoms with Crippen LogP contribution >= 0.6 is 11.6 Å². The largest absolute Gasteiger partial charge is 0.475 e. The van der Waals surface area contributed by atoms with E-state index in [4.69, 9.17) is 16.3 Å². The number of hydrogen-bond acceptors (Lipinski definition) is 3. The molecule has 1 aromatic heterocycles. The van der Waals surface area contributed by atoms with Crippen LogP contribution in [0.2, 0.25) is 5.02 Å². The highest BCUT2D eigenvalue weighted by atomic mass is 35.5. The van der Waals surface area contributed by atoms with Crippen molar-refractivity contribution in [1.29, 1.82) is 0 Å². The Balaban J connectivity index is 1.60. The molecule has 2 aromatic carbocycles. The van der Waals surface area contributed by atoms with Gasteiger partial charge in [-0.15, -0.1) is 0 Å². The van der Waals surface area contributed by atoms with E-state index in [9.17, 15) is 22.4 Å². The molecule has 0 spiro atoms. The number of hydrogen-bond donors (Lipinski definition) is 1. The third-order valence-electron chi connectivity index (χ3n) is 4.13. The fourth-order valence-electron chi connectivity index (χ4n) is 2.69. The maximum absolute atomic E-state index is 13.4. The highest BCUT2D eigenvalue weighted by Gasteiger charge is 2.33. The molecule has 4 nitrogen and oxygen atoms in total. The van der Waals surface area contributed by atoms with Gasteiger partial charge in [-0.25, -0.2) is 4.79 Å². The summed E-state index contributed by atoms with van der Waals surface area (Å²) in [5.74, 6) is -1.13. The first-order valence-corrected chi connectivity index (χ1v) is 8.91. The van der Waals surface area contributed by atoms with E-state index < -0.39 is 23.2 Å². The fourth-order valence-corrected chi connectivity index (χ4v) is 2.92. The lowest BCUT2D eigenvalue weighted by Gasteiger charge is -2.11. The van der Waals surface area contributed by atoms with Gasteiger partial charge in [0.25, 0.3) is 5.88 Å². The quantitative estimate of drug-likeness (QED) is 0.576. The molecule has 9 heteroatoms. The third-order valence-corrected chi connectivity index (χ3v) is 4.46. The zero-order chi connectivity index (χ0) is 21.0. The van der Waals surface area contributed by atoms with Crippen LogP contribution in [0.1, 0.15) is 22.3 Å². The first-order valence-electron chi connectivity index (χ1n) is 8.54. The van der Waals surface area contributed by atoms with Gasteiger partial charge < -0.3 is 9.72 Å². The van der Waals surface area contributed by atoms with Crippen LogP contribution in [-0.4, -0.2) is 16.6 Å². The molecule has 29 heavy (non-hydrogen) atoms. The highest BCUT2D eigenvalue weighted by molar-refractivity contribution is 6.31. The van der Waals surface area contributed by atoms with E-state index in [1.165, 1.54) is 6.07 Å². The van der Waals surface area contributed by atoms with Crippen molar-refractivity contribution in [3.63, 3.8) is 0 Å². The molecule has 0 aliphatic heterocycles. The number of aromatic amines is 1. The number of ether oxygens (including phenoxy) is 1. The number of rotatable bonds is 6. The fraction of sp³-hybridized carbons (Fsp3) is 0.200. The molecule has 1 heterocycles. The van der Waals surface area contributed by atoms with E-state index in [1.807, 2.05) is 0 Å². The molecule has 0 fully saturated rings. The molecule has 0 aliphatic carbocycles. The summed E-state index contributed by atoms with van der Waals surface area (Å²) in [7, 11) is 0. The van der Waals surface area contributed by atoms with Crippen molar-refractivity contribution in [2.24, 2.45) is 0 Å². The maximum Gasteiger partial charge on any atom is 0.417 e. The Morgan fingerprint density at radius 3 is 2.38 bits per heavy atom. The van der Waals surface area contributed by atoms with Crippen molar-refractivity contribution in [2.75, 3.05) is 6.61 Å². The van der Waals surface area contributed by atoms with Crippen LogP contribution in [0.5, 0.6) is 5.88 Å². The number of alkyl halides is 3. The summed E-state index contributed by atoms with van der Waals surface area (Å²) in [6.07, 6.45) is -2.87. The van der Waals surface area contributed by atoms with Gasteiger partial charge in [0.2, 0.25) is 5.82 Å². The van der Waals surface area contributed by atoms with Gasteiger partial charge in [-0.3, -0.25) is 0 Å². The summed E-state index contributed by atoms with van der Waals surface area (Å²) in [4.78, 5) is 16.6. The molecule has 0 unspecified atom stereocenters. The van der Waals surface area contributed by atoms with Crippen LogP contribution in [0.3, 0.4) is 0 Å². The minimum Gasteiger partial charge on any atom is -0.475 e. The van der Waals surface area contributed by atoms with Crippen LogP contribution < -0.4 is 10.4 Å². The molecule has 0 saturated heterocycles. The number of benzene rings is 2. The van der Waals surface area contributed by atoms with Crippen LogP contribution in [0.4, 0.5) is 17.6 Å². The molecule has 0 radical (unpaired) electrons. The number of nitrogens with one attached hydrogen (secondary N) is 1. The van der Waals surface area contributed by atoms with Gasteiger partial charge in [0, 0.05) is 12.6 Å². The molecule has 0 atom stereocenters. The molecule has 152 valence electrons. The van der Waals surface area contributed by atoms with E-state index in [0.29, 0.717) is 18.4 Å². The van der Waals surface area contributed by atoms with Gasteiger partial charge in [-0.05, 0) is 35.2 Å². The molecule has 0 amide bonds. The Morgan fingerprint density at radius 1 is 1.03 bits per heavy atom. The summed E-state index contributed by atoms with van der Waals surface area (Å²) in [6, 6.07) is 11.1. The van der Waals surface area contributed by atoms with Crippen LogP contribution in [0.25, 0.3) is 0 Å². The summed E-state index contributed by atoms with van der Waals surface area (Å²) in [6.45, 7) is 0.110. The zero-order valence-corrected chi connectivity index (χ0v) is 15.6. The first-order chi connectivity index (χ1) is 13.7. The smallest absolute Gasteiger partial charge is 0.417 e. The second-order valence-electron chi connectivity index (χ2n) is 6.26. The predicted octanol–water partition coefficient (Wildman–Crippen LogP) is 4.79. The Hall–Kier alpha value is -2.87. The summed E-state index contributed by atoms with van der Waals surface area (Å²) < 4.78 is 57.5. The molecule has 3 rings (SSSR count). The molecule has 3 aromatic rings. The van der Waals surface area contributed by atoms with Crippen LogP contribution in [0, 0.1) is 5.82 Å². The minimum absolute atomic E-state index is 0.110. The van der Waals surface area contributed by atoms with Crippen molar-refractivity contribution >= 4 is 11.6 Å². The standard InChI is InChI=1S/C20H15ClF4N2O2/c21-16-6-5-14(10-15(16)20(23,24)25)9-13-3-1-12(2-4-13)7-8-29-18-17(22)11-26-19(28)27-18/h1-6,10-11H,7-9H2,(H,26,27,28).